The molecule has 2 heterocycles. The smallest absolute Gasteiger partial charge is 0.248 e. The molecule has 2 aliphatic heterocycles. The van der Waals surface area contributed by atoms with Gasteiger partial charge in [-0.05, 0) is 36.8 Å². The molecule has 2 fully saturated rings. The summed E-state index contributed by atoms with van der Waals surface area (Å²) in [6, 6.07) is 10.3. The molecule has 1 spiro atoms. The molecule has 0 amide bonds. The third kappa shape index (κ3) is 2.91. The molecule has 1 saturated heterocycles. The molecule has 2 aromatic rings. The number of benzene rings is 2. The van der Waals surface area contributed by atoms with Gasteiger partial charge in [0.1, 0.15) is 15.9 Å². The van der Waals surface area contributed by atoms with Crippen LogP contribution in [0.1, 0.15) is 37.3 Å². The number of halogens is 4. The van der Waals surface area contributed by atoms with Gasteiger partial charge in [0.25, 0.3) is 5.92 Å². The van der Waals surface area contributed by atoms with Crippen molar-refractivity contribution in [3.8, 4) is 0 Å². The van der Waals surface area contributed by atoms with Crippen LogP contribution in [-0.2, 0) is 15.4 Å². The molecule has 3 aliphatic rings. The Morgan fingerprint density at radius 2 is 1.77 bits per heavy atom. The van der Waals surface area contributed by atoms with Crippen molar-refractivity contribution in [1.82, 2.24) is 0 Å². The summed E-state index contributed by atoms with van der Waals surface area (Å²) in [5.74, 6) is -2.70. The summed E-state index contributed by atoms with van der Waals surface area (Å²) in [7, 11) is -2.06. The molecule has 164 valence electrons. The normalized spacial score (nSPS) is 25.2. The number of alkyl halides is 3. The first-order valence-corrected chi connectivity index (χ1v) is 12.2. The van der Waals surface area contributed by atoms with Gasteiger partial charge in [0.15, 0.2) is 11.2 Å². The van der Waals surface area contributed by atoms with Gasteiger partial charge in [-0.25, -0.2) is 17.7 Å². The van der Waals surface area contributed by atoms with Crippen LogP contribution < -0.4 is 4.31 Å². The zero-order chi connectivity index (χ0) is 22.4. The van der Waals surface area contributed by atoms with Crippen molar-refractivity contribution in [3.05, 3.63) is 58.6 Å². The zero-order valence-corrected chi connectivity index (χ0v) is 19.3. The molecule has 5 rings (SSSR count). The summed E-state index contributed by atoms with van der Waals surface area (Å²) >= 11 is 6.35. The quantitative estimate of drug-likeness (QED) is 0.456. The molecular weight excluding hydrogens is 468 g/mol. The number of hydrogen-bond donors (Lipinski definition) is 0. The van der Waals surface area contributed by atoms with Gasteiger partial charge in [0.05, 0.1) is 18.0 Å². The Labute approximate surface area is 186 Å². The minimum atomic E-state index is -4.12. The second-order valence-electron chi connectivity index (χ2n) is 8.46. The fourth-order valence-corrected chi connectivity index (χ4v) is 6.54. The van der Waals surface area contributed by atoms with Gasteiger partial charge in [0, 0.05) is 12.8 Å². The van der Waals surface area contributed by atoms with Crippen molar-refractivity contribution in [1.29, 1.82) is 0 Å². The van der Waals surface area contributed by atoms with E-state index in [4.69, 9.17) is 11.6 Å². The van der Waals surface area contributed by atoms with E-state index in [1.165, 1.54) is 35.8 Å². The predicted molar refractivity (Wildman–Crippen MR) is 116 cm³/mol. The molecule has 4 nitrogen and oxygen atoms in total. The zero-order valence-electron chi connectivity index (χ0n) is 16.6. The molecule has 1 saturated carbocycles. The molecule has 10 heteroatoms. The Balaban J connectivity index is 1.67. The first-order chi connectivity index (χ1) is 14.4. The number of fused-ring (bicyclic) bond motifs is 1. The molecular formula is C21H20ClF3N2O2PS+. The highest BCUT2D eigenvalue weighted by Crippen LogP contribution is 2.58. The van der Waals surface area contributed by atoms with E-state index in [-0.39, 0.29) is 23.7 Å². The Morgan fingerprint density at radius 3 is 2.35 bits per heavy atom. The van der Waals surface area contributed by atoms with Crippen molar-refractivity contribution >= 4 is 42.4 Å². The molecule has 31 heavy (non-hydrogen) atoms. The van der Waals surface area contributed by atoms with Crippen LogP contribution in [0, 0.1) is 0 Å². The lowest BCUT2D eigenvalue weighted by Crippen LogP contribution is -2.53. The third-order valence-electron chi connectivity index (χ3n) is 6.41. The van der Waals surface area contributed by atoms with Crippen LogP contribution in [-0.4, -0.2) is 36.8 Å². The first kappa shape index (κ1) is 21.2. The fourth-order valence-electron chi connectivity index (χ4n) is 4.57. The number of amidine groups is 1. The Bertz CT molecular complexity index is 1240. The van der Waals surface area contributed by atoms with Crippen LogP contribution in [0.3, 0.4) is 0 Å². The van der Waals surface area contributed by atoms with Crippen LogP contribution in [0.4, 0.5) is 18.9 Å². The monoisotopic (exact) mass is 487 g/mol. The molecule has 0 aromatic heterocycles. The standard InChI is InChI=1S/C21H20ClF3N2O2PS/c1-19(23,30)13-5-7-14(8-6-13)31(28,29)27-16-4-2-3-15(22)17(16)18(27)26-12-11-21(24,25)20(26)9-10-20/h2-8H,9-12,30H2,1H3/q+1. The molecule has 0 N–H and O–H groups in total. The lowest BCUT2D eigenvalue weighted by atomic mass is 10.0. The fraction of sp³-hybridized carbons (Fsp3) is 0.381. The molecule has 1 aliphatic carbocycles. The minimum Gasteiger partial charge on any atom is -0.248 e. The van der Waals surface area contributed by atoms with Gasteiger partial charge in [-0.2, -0.15) is 8.42 Å². The van der Waals surface area contributed by atoms with Crippen molar-refractivity contribution in [2.24, 2.45) is 0 Å². The molecule has 0 bridgehead atoms. The summed E-state index contributed by atoms with van der Waals surface area (Å²) in [5.41, 5.74) is -0.232. The van der Waals surface area contributed by atoms with E-state index in [0.29, 0.717) is 34.7 Å². The summed E-state index contributed by atoms with van der Waals surface area (Å²) in [6.45, 7) is 1.40. The largest absolute Gasteiger partial charge is 0.336 e. The Morgan fingerprint density at radius 1 is 1.13 bits per heavy atom. The lowest BCUT2D eigenvalue weighted by molar-refractivity contribution is -0.572. The van der Waals surface area contributed by atoms with Crippen molar-refractivity contribution in [2.75, 3.05) is 10.8 Å². The van der Waals surface area contributed by atoms with Gasteiger partial charge >= 0.3 is 15.9 Å². The average molecular weight is 488 g/mol. The van der Waals surface area contributed by atoms with Crippen molar-refractivity contribution in [3.63, 3.8) is 0 Å². The summed E-state index contributed by atoms with van der Waals surface area (Å²) in [4.78, 5) is -0.0515. The Kier molecular flexibility index (Phi) is 4.42. The second-order valence-corrected chi connectivity index (χ2v) is 11.7. The van der Waals surface area contributed by atoms with Crippen molar-refractivity contribution in [2.45, 2.75) is 48.0 Å². The Hall–Kier alpha value is -1.63. The maximum Gasteiger partial charge on any atom is 0.336 e. The van der Waals surface area contributed by atoms with Gasteiger partial charge in [-0.1, -0.05) is 39.0 Å². The summed E-state index contributed by atoms with van der Waals surface area (Å²) < 4.78 is 73.2. The highest BCUT2D eigenvalue weighted by atomic mass is 35.5. The van der Waals surface area contributed by atoms with Crippen LogP contribution in [0.2, 0.25) is 5.02 Å². The van der Waals surface area contributed by atoms with E-state index in [0.717, 1.165) is 4.31 Å². The van der Waals surface area contributed by atoms with Crippen molar-refractivity contribution < 1.29 is 26.2 Å². The number of nitrogens with zero attached hydrogens (tertiary/aromatic N) is 2. The number of rotatable bonds is 3. The SMILES string of the molecule is CC(F)(P)c1ccc(S(=O)(=O)N2C(=[N+]3CCC(F)(F)C34CC4)c3c(Cl)cccc32)cc1. The summed E-state index contributed by atoms with van der Waals surface area (Å²) in [5, 5.41) is -1.38. The topological polar surface area (TPSA) is 40.4 Å². The maximum atomic E-state index is 14.6. The lowest BCUT2D eigenvalue weighted by Gasteiger charge is -2.32. The maximum absolute atomic E-state index is 14.6. The van der Waals surface area contributed by atoms with Crippen LogP contribution in [0.15, 0.2) is 47.4 Å². The van der Waals surface area contributed by atoms with E-state index in [2.05, 4.69) is 9.24 Å². The minimum absolute atomic E-state index is 0.0468. The van der Waals surface area contributed by atoms with Crippen LogP contribution in [0.25, 0.3) is 0 Å². The second kappa shape index (κ2) is 6.46. The third-order valence-corrected chi connectivity index (χ3v) is 8.78. The molecule has 2 aromatic carbocycles. The van der Waals surface area contributed by atoms with E-state index < -0.39 is 26.9 Å². The highest BCUT2D eigenvalue weighted by Gasteiger charge is 2.73. The predicted octanol–water partition coefficient (Wildman–Crippen LogP) is 4.90. The van der Waals surface area contributed by atoms with Crippen LogP contribution in [0.5, 0.6) is 0 Å². The number of hydrogen-bond acceptors (Lipinski definition) is 2. The summed E-state index contributed by atoms with van der Waals surface area (Å²) in [6.07, 6.45) is 0.270. The van der Waals surface area contributed by atoms with Gasteiger partial charge in [0.2, 0.25) is 0 Å². The first-order valence-electron chi connectivity index (χ1n) is 9.85. The van der Waals surface area contributed by atoms with E-state index >= 15 is 0 Å². The van der Waals surface area contributed by atoms with Gasteiger partial charge in [-0.3, -0.25) is 0 Å². The molecule has 2 unspecified atom stereocenters. The van der Waals surface area contributed by atoms with Gasteiger partial charge < -0.3 is 0 Å². The molecule has 0 radical (unpaired) electrons. The van der Waals surface area contributed by atoms with E-state index in [1.54, 1.807) is 18.2 Å². The average Bonchev–Trinajstić information content (AvgIpc) is 3.43. The van der Waals surface area contributed by atoms with Crippen LogP contribution >= 0.6 is 20.8 Å². The van der Waals surface area contributed by atoms with E-state index in [9.17, 15) is 21.6 Å². The van der Waals surface area contributed by atoms with Gasteiger partial charge in [-0.15, -0.1) is 4.31 Å². The highest BCUT2D eigenvalue weighted by molar-refractivity contribution is 7.93. The molecule has 2 atom stereocenters. The van der Waals surface area contributed by atoms with E-state index in [1.807, 2.05) is 0 Å². The number of anilines is 1. The number of sulfonamides is 1.